The predicted molar refractivity (Wildman–Crippen MR) is 132 cm³/mol. The molecule has 2 aromatic carbocycles. The highest BCUT2D eigenvalue weighted by atomic mass is 16.5. The number of piperidine rings is 1. The third-order valence-corrected chi connectivity index (χ3v) is 8.34. The molecule has 6 nitrogen and oxygen atoms in total. The van der Waals surface area contributed by atoms with Crippen LogP contribution in [0.4, 0.5) is 0 Å². The van der Waals surface area contributed by atoms with Gasteiger partial charge in [-0.1, -0.05) is 43.2 Å². The predicted octanol–water partition coefficient (Wildman–Crippen LogP) is 4.56. The molecule has 3 atom stereocenters. The number of amides is 1. The van der Waals surface area contributed by atoms with Crippen molar-refractivity contribution in [1.82, 2.24) is 4.90 Å². The van der Waals surface area contributed by atoms with Crippen LogP contribution in [0.3, 0.4) is 0 Å². The lowest BCUT2D eigenvalue weighted by Crippen LogP contribution is -2.56. The largest absolute Gasteiger partial charge is 0.484 e. The number of carbonyl (C=O) groups is 1. The molecule has 2 heterocycles. The number of carbonyl (C=O) groups excluding carboxylic acids is 1. The first-order valence-corrected chi connectivity index (χ1v) is 12.8. The third-order valence-electron chi connectivity index (χ3n) is 8.34. The second-order valence-electron chi connectivity index (χ2n) is 10.3. The normalized spacial score (nSPS) is 25.8. The standard InChI is InChI=1S/C29H31NO5/c31-26(18-34-20-12-13-22-21-9-6-10-23(21)28(32)35-25(22)17-20)30-16-15-29(33)14-5-4-11-24(29)27(30)19-7-2-1-3-8-19/h1-3,7-8,12-13,17,24,27,33H,4-6,9-11,14-16,18H2/t24-,27-,29+/m0/s1. The second-order valence-corrected chi connectivity index (χ2v) is 10.3. The lowest BCUT2D eigenvalue weighted by atomic mass is 9.66. The van der Waals surface area contributed by atoms with Crippen LogP contribution in [0.5, 0.6) is 5.75 Å². The zero-order chi connectivity index (χ0) is 24.0. The van der Waals surface area contributed by atoms with E-state index in [1.165, 1.54) is 0 Å². The molecule has 0 spiro atoms. The summed E-state index contributed by atoms with van der Waals surface area (Å²) in [5.74, 6) is 0.435. The molecule has 1 aliphatic heterocycles. The first-order chi connectivity index (χ1) is 17.0. The number of rotatable bonds is 4. The van der Waals surface area contributed by atoms with Gasteiger partial charge in [0.05, 0.1) is 11.6 Å². The van der Waals surface area contributed by atoms with E-state index >= 15 is 0 Å². The Morgan fingerprint density at radius 1 is 1.06 bits per heavy atom. The molecule has 0 radical (unpaired) electrons. The van der Waals surface area contributed by atoms with Crippen molar-refractivity contribution in [2.45, 2.75) is 63.0 Å². The zero-order valence-corrected chi connectivity index (χ0v) is 19.9. The lowest BCUT2D eigenvalue weighted by Gasteiger charge is -2.52. The molecule has 1 saturated heterocycles. The van der Waals surface area contributed by atoms with Crippen LogP contribution in [0.2, 0.25) is 0 Å². The Hall–Kier alpha value is -3.12. The van der Waals surface area contributed by atoms with Gasteiger partial charge in [0.2, 0.25) is 0 Å². The van der Waals surface area contributed by atoms with E-state index in [1.54, 1.807) is 6.07 Å². The van der Waals surface area contributed by atoms with Gasteiger partial charge in [-0.15, -0.1) is 0 Å². The summed E-state index contributed by atoms with van der Waals surface area (Å²) >= 11 is 0. The summed E-state index contributed by atoms with van der Waals surface area (Å²) in [4.78, 5) is 27.7. The van der Waals surface area contributed by atoms with Gasteiger partial charge in [-0.25, -0.2) is 4.79 Å². The van der Waals surface area contributed by atoms with Gasteiger partial charge in [0.1, 0.15) is 11.3 Å². The quantitative estimate of drug-likeness (QED) is 0.562. The highest BCUT2D eigenvalue weighted by Gasteiger charge is 2.50. The molecule has 1 amide bonds. The average Bonchev–Trinajstić information content (AvgIpc) is 3.38. The molecule has 0 bridgehead atoms. The summed E-state index contributed by atoms with van der Waals surface area (Å²) in [6, 6.07) is 15.4. The van der Waals surface area contributed by atoms with Gasteiger partial charge < -0.3 is 19.2 Å². The average molecular weight is 474 g/mol. The number of ether oxygens (including phenoxy) is 1. The molecular weight excluding hydrogens is 442 g/mol. The molecule has 35 heavy (non-hydrogen) atoms. The van der Waals surface area contributed by atoms with Crippen LogP contribution >= 0.6 is 0 Å². The first kappa shape index (κ1) is 22.4. The van der Waals surface area contributed by atoms with Gasteiger partial charge in [-0.05, 0) is 61.8 Å². The van der Waals surface area contributed by atoms with Crippen LogP contribution < -0.4 is 10.4 Å². The van der Waals surface area contributed by atoms with E-state index in [0.717, 1.165) is 67.0 Å². The van der Waals surface area contributed by atoms with Crippen LogP contribution in [0.1, 0.15) is 61.3 Å². The van der Waals surface area contributed by atoms with E-state index in [-0.39, 0.29) is 30.1 Å². The van der Waals surface area contributed by atoms with Crippen LogP contribution in [0, 0.1) is 5.92 Å². The summed E-state index contributed by atoms with van der Waals surface area (Å²) < 4.78 is 11.5. The Kier molecular flexibility index (Phi) is 5.64. The molecule has 1 saturated carbocycles. The number of likely N-dealkylation sites (tertiary alicyclic amines) is 1. The number of nitrogens with zero attached hydrogens (tertiary/aromatic N) is 1. The van der Waals surface area contributed by atoms with Gasteiger partial charge in [-0.3, -0.25) is 4.79 Å². The van der Waals surface area contributed by atoms with E-state index in [0.29, 0.717) is 24.3 Å². The number of aliphatic hydroxyl groups is 1. The Morgan fingerprint density at radius 2 is 1.89 bits per heavy atom. The molecule has 3 aliphatic rings. The number of aryl methyl sites for hydroxylation is 1. The molecule has 1 N–H and O–H groups in total. The van der Waals surface area contributed by atoms with Gasteiger partial charge in [0.25, 0.3) is 5.91 Å². The SMILES string of the molecule is O=C(COc1ccc2c3c(c(=O)oc2c1)CCC3)N1CC[C@]2(O)CCCC[C@H]2[C@@H]1c1ccccc1. The number of hydrogen-bond donors (Lipinski definition) is 1. The Bertz CT molecular complexity index is 1320. The minimum absolute atomic E-state index is 0.0217. The number of fused-ring (bicyclic) bond motifs is 4. The molecule has 182 valence electrons. The van der Waals surface area contributed by atoms with Crippen LogP contribution in [0.15, 0.2) is 57.7 Å². The van der Waals surface area contributed by atoms with Crippen molar-refractivity contribution in [3.63, 3.8) is 0 Å². The minimum Gasteiger partial charge on any atom is -0.484 e. The fraction of sp³-hybridized carbons (Fsp3) is 0.448. The van der Waals surface area contributed by atoms with Crippen LogP contribution in [0.25, 0.3) is 11.0 Å². The number of benzene rings is 2. The van der Waals surface area contributed by atoms with Crippen LogP contribution in [-0.4, -0.2) is 34.7 Å². The topological polar surface area (TPSA) is 80.0 Å². The van der Waals surface area contributed by atoms with E-state index in [4.69, 9.17) is 9.15 Å². The van der Waals surface area contributed by atoms with E-state index < -0.39 is 5.60 Å². The zero-order valence-electron chi connectivity index (χ0n) is 19.9. The molecule has 2 aliphatic carbocycles. The molecule has 0 unspecified atom stereocenters. The Balaban J connectivity index is 1.24. The maximum atomic E-state index is 13.5. The fourth-order valence-corrected chi connectivity index (χ4v) is 6.61. The van der Waals surface area contributed by atoms with Crippen molar-refractivity contribution in [2.24, 2.45) is 5.92 Å². The summed E-state index contributed by atoms with van der Waals surface area (Å²) in [5, 5.41) is 12.4. The fourth-order valence-electron chi connectivity index (χ4n) is 6.61. The molecule has 6 rings (SSSR count). The molecule has 1 aromatic heterocycles. The van der Waals surface area contributed by atoms with E-state index in [1.807, 2.05) is 35.2 Å². The molecule has 3 aromatic rings. The Labute approximate surface area is 204 Å². The first-order valence-electron chi connectivity index (χ1n) is 12.8. The van der Waals surface area contributed by atoms with Crippen molar-refractivity contribution < 1.29 is 19.1 Å². The molecular formula is C29H31NO5. The van der Waals surface area contributed by atoms with E-state index in [9.17, 15) is 14.7 Å². The number of hydrogen-bond acceptors (Lipinski definition) is 5. The van der Waals surface area contributed by atoms with Crippen molar-refractivity contribution in [3.8, 4) is 5.75 Å². The van der Waals surface area contributed by atoms with Gasteiger partial charge in [-0.2, -0.15) is 0 Å². The lowest BCUT2D eigenvalue weighted by molar-refractivity contribution is -0.157. The van der Waals surface area contributed by atoms with Crippen LogP contribution in [-0.2, 0) is 17.6 Å². The van der Waals surface area contributed by atoms with Crippen molar-refractivity contribution in [3.05, 3.63) is 75.6 Å². The van der Waals surface area contributed by atoms with E-state index in [2.05, 4.69) is 12.1 Å². The summed E-state index contributed by atoms with van der Waals surface area (Å²) in [5.41, 5.74) is 2.46. The summed E-state index contributed by atoms with van der Waals surface area (Å²) in [7, 11) is 0. The molecule has 2 fully saturated rings. The van der Waals surface area contributed by atoms with Gasteiger partial charge >= 0.3 is 5.63 Å². The third kappa shape index (κ3) is 3.94. The highest BCUT2D eigenvalue weighted by Crippen LogP contribution is 2.49. The maximum absolute atomic E-state index is 13.5. The van der Waals surface area contributed by atoms with Crippen molar-refractivity contribution in [2.75, 3.05) is 13.2 Å². The Morgan fingerprint density at radius 3 is 2.74 bits per heavy atom. The van der Waals surface area contributed by atoms with Crippen molar-refractivity contribution in [1.29, 1.82) is 0 Å². The monoisotopic (exact) mass is 473 g/mol. The summed E-state index contributed by atoms with van der Waals surface area (Å²) in [6.45, 7) is 0.405. The smallest absolute Gasteiger partial charge is 0.339 e. The second kappa shape index (κ2) is 8.83. The van der Waals surface area contributed by atoms with Crippen molar-refractivity contribution >= 4 is 16.9 Å². The van der Waals surface area contributed by atoms with Gasteiger partial charge in [0.15, 0.2) is 6.61 Å². The summed E-state index contributed by atoms with van der Waals surface area (Å²) in [6.07, 6.45) is 7.04. The maximum Gasteiger partial charge on any atom is 0.339 e. The van der Waals surface area contributed by atoms with Gasteiger partial charge in [0, 0.05) is 29.5 Å². The molecule has 6 heteroatoms. The highest BCUT2D eigenvalue weighted by molar-refractivity contribution is 5.83. The minimum atomic E-state index is -0.716.